The molecule has 0 aromatic rings. The minimum Gasteiger partial charge on any atom is -0.352 e. The van der Waals surface area contributed by atoms with Gasteiger partial charge in [0.1, 0.15) is 0 Å². The highest BCUT2D eigenvalue weighted by Gasteiger charge is 2.27. The molecule has 2 amide bonds. The molecule has 0 saturated carbocycles. The topological polar surface area (TPSA) is 64.7 Å². The van der Waals surface area contributed by atoms with E-state index < -0.39 is 0 Å². The zero-order valence-corrected chi connectivity index (χ0v) is 13.8. The predicted octanol–water partition coefficient (Wildman–Crippen LogP) is 0.0433. The zero-order valence-electron chi connectivity index (χ0n) is 13.8. The Morgan fingerprint density at radius 1 is 1.24 bits per heavy atom. The van der Waals surface area contributed by atoms with E-state index in [1.807, 2.05) is 20.8 Å². The Bertz CT molecular complexity index is 343. The monoisotopic (exact) mass is 298 g/mol. The van der Waals surface area contributed by atoms with Gasteiger partial charge in [0.2, 0.25) is 11.8 Å². The van der Waals surface area contributed by atoms with Crippen LogP contribution in [0.25, 0.3) is 0 Å². The highest BCUT2D eigenvalue weighted by molar-refractivity contribution is 5.85. The van der Waals surface area contributed by atoms with Crippen molar-refractivity contribution in [2.24, 2.45) is 0 Å². The van der Waals surface area contributed by atoms with Crippen molar-refractivity contribution in [2.45, 2.75) is 46.2 Å². The molecular weight excluding hydrogens is 268 g/mol. The zero-order chi connectivity index (χ0) is 15.8. The highest BCUT2D eigenvalue weighted by Crippen LogP contribution is 2.07. The molecule has 1 fully saturated rings. The van der Waals surface area contributed by atoms with E-state index >= 15 is 0 Å². The van der Waals surface area contributed by atoms with Crippen LogP contribution in [0, 0.1) is 0 Å². The van der Waals surface area contributed by atoms with Gasteiger partial charge < -0.3 is 15.5 Å². The lowest BCUT2D eigenvalue weighted by Gasteiger charge is -2.38. The van der Waals surface area contributed by atoms with Gasteiger partial charge >= 0.3 is 0 Å². The molecule has 0 atom stereocenters. The van der Waals surface area contributed by atoms with Crippen LogP contribution in [0.5, 0.6) is 0 Å². The first-order chi connectivity index (χ1) is 9.97. The summed E-state index contributed by atoms with van der Waals surface area (Å²) in [5.41, 5.74) is 0. The summed E-state index contributed by atoms with van der Waals surface area (Å²) in [6.45, 7) is 11.8. The molecule has 1 aliphatic heterocycles. The third kappa shape index (κ3) is 6.01. The fourth-order valence-corrected chi connectivity index (χ4v) is 2.40. The lowest BCUT2D eigenvalue weighted by Crippen LogP contribution is -2.59. The molecule has 0 bridgehead atoms. The Balaban J connectivity index is 2.50. The molecule has 2 N–H and O–H groups in total. The molecule has 21 heavy (non-hydrogen) atoms. The first-order valence-corrected chi connectivity index (χ1v) is 7.99. The van der Waals surface area contributed by atoms with Crippen molar-refractivity contribution >= 4 is 11.8 Å². The minimum atomic E-state index is -0.0902. The molecule has 0 aliphatic carbocycles. The van der Waals surface area contributed by atoms with Crippen LogP contribution in [-0.2, 0) is 9.59 Å². The van der Waals surface area contributed by atoms with E-state index in [1.165, 1.54) is 0 Å². The summed E-state index contributed by atoms with van der Waals surface area (Å²) in [4.78, 5) is 28.1. The molecule has 0 aromatic carbocycles. The average Bonchev–Trinajstić information content (AvgIpc) is 2.33. The van der Waals surface area contributed by atoms with E-state index in [9.17, 15) is 9.59 Å². The number of nitrogens with one attached hydrogen (secondary N) is 2. The van der Waals surface area contributed by atoms with Crippen molar-refractivity contribution in [3.05, 3.63) is 0 Å². The molecule has 0 aromatic heterocycles. The second-order valence-corrected chi connectivity index (χ2v) is 5.91. The highest BCUT2D eigenvalue weighted by atomic mass is 16.2. The summed E-state index contributed by atoms with van der Waals surface area (Å²) in [6.07, 6.45) is 1.03. The Hall–Kier alpha value is -1.14. The molecule has 0 spiro atoms. The lowest BCUT2D eigenvalue weighted by molar-refractivity contribution is -0.137. The maximum atomic E-state index is 12.4. The largest absolute Gasteiger partial charge is 0.352 e. The number of carbonyl (C=O) groups excluding carboxylic acids is 2. The maximum absolute atomic E-state index is 12.4. The number of rotatable bonds is 9. The molecule has 6 heteroatoms. The molecule has 122 valence electrons. The van der Waals surface area contributed by atoms with Crippen molar-refractivity contribution in [1.29, 1.82) is 0 Å². The van der Waals surface area contributed by atoms with E-state index in [-0.39, 0.29) is 24.4 Å². The van der Waals surface area contributed by atoms with E-state index in [0.29, 0.717) is 19.1 Å². The normalized spacial score (nSPS) is 15.1. The van der Waals surface area contributed by atoms with Gasteiger partial charge in [-0.25, -0.2) is 0 Å². The van der Waals surface area contributed by atoms with Crippen LogP contribution in [0.3, 0.4) is 0 Å². The Morgan fingerprint density at radius 2 is 1.90 bits per heavy atom. The summed E-state index contributed by atoms with van der Waals surface area (Å²) in [5, 5.41) is 6.07. The van der Waals surface area contributed by atoms with Gasteiger partial charge in [-0.3, -0.25) is 14.5 Å². The van der Waals surface area contributed by atoms with Crippen molar-refractivity contribution in [3.63, 3.8) is 0 Å². The number of nitrogens with zero attached hydrogens (tertiary/aromatic N) is 2. The van der Waals surface area contributed by atoms with E-state index in [0.717, 1.165) is 26.1 Å². The van der Waals surface area contributed by atoms with Crippen molar-refractivity contribution < 1.29 is 9.59 Å². The summed E-state index contributed by atoms with van der Waals surface area (Å²) in [5.74, 6) is -0.0516. The second kappa shape index (κ2) is 9.00. The smallest absolute Gasteiger partial charge is 0.239 e. The van der Waals surface area contributed by atoms with Gasteiger partial charge in [0.05, 0.1) is 13.1 Å². The quantitative estimate of drug-likeness (QED) is 0.631. The average molecular weight is 298 g/mol. The van der Waals surface area contributed by atoms with Crippen LogP contribution in [0.2, 0.25) is 0 Å². The summed E-state index contributed by atoms with van der Waals surface area (Å²) < 4.78 is 0. The predicted molar refractivity (Wildman–Crippen MR) is 84.1 cm³/mol. The number of likely N-dealkylation sites (N-methyl/N-ethyl adjacent to an activating group) is 1. The van der Waals surface area contributed by atoms with Crippen LogP contribution in [0.1, 0.15) is 34.1 Å². The first-order valence-electron chi connectivity index (χ1n) is 7.99. The molecule has 1 saturated heterocycles. The van der Waals surface area contributed by atoms with Gasteiger partial charge in [-0.2, -0.15) is 0 Å². The number of hydrogen-bond donors (Lipinski definition) is 2. The third-order valence-electron chi connectivity index (χ3n) is 3.64. The molecule has 1 rings (SSSR count). The summed E-state index contributed by atoms with van der Waals surface area (Å²) in [6, 6.07) is 0.557. The van der Waals surface area contributed by atoms with Crippen LogP contribution in [0.4, 0.5) is 0 Å². The fourth-order valence-electron chi connectivity index (χ4n) is 2.40. The molecular formula is C15H30N4O2. The van der Waals surface area contributed by atoms with Crippen LogP contribution < -0.4 is 10.6 Å². The second-order valence-electron chi connectivity index (χ2n) is 5.91. The van der Waals surface area contributed by atoms with Gasteiger partial charge in [-0.1, -0.05) is 6.92 Å². The Labute approximate surface area is 128 Å². The van der Waals surface area contributed by atoms with Gasteiger partial charge in [0.25, 0.3) is 0 Å². The Morgan fingerprint density at radius 3 is 2.33 bits per heavy atom. The van der Waals surface area contributed by atoms with Gasteiger partial charge in [-0.15, -0.1) is 0 Å². The fraction of sp³-hybridized carbons (Fsp3) is 0.867. The van der Waals surface area contributed by atoms with Crippen LogP contribution in [-0.4, -0.2) is 73.0 Å². The van der Waals surface area contributed by atoms with Crippen LogP contribution in [0.15, 0.2) is 0 Å². The molecule has 0 unspecified atom stereocenters. The lowest BCUT2D eigenvalue weighted by atomic mass is 10.1. The third-order valence-corrected chi connectivity index (χ3v) is 3.64. The standard InChI is InChI=1S/C15H30N4O2/c1-5-7-19(13-8-16-9-13)11-15(21)18(6-2)10-14(20)17-12(3)4/h12-13,16H,5-11H2,1-4H3,(H,17,20). The summed E-state index contributed by atoms with van der Waals surface area (Å²) in [7, 11) is 0. The summed E-state index contributed by atoms with van der Waals surface area (Å²) >= 11 is 0. The number of carbonyl (C=O) groups is 2. The van der Waals surface area contributed by atoms with Gasteiger partial charge in [-0.05, 0) is 33.7 Å². The molecule has 6 nitrogen and oxygen atoms in total. The van der Waals surface area contributed by atoms with Crippen LogP contribution >= 0.6 is 0 Å². The van der Waals surface area contributed by atoms with E-state index in [2.05, 4.69) is 22.5 Å². The molecule has 0 radical (unpaired) electrons. The minimum absolute atomic E-state index is 0.0387. The number of amides is 2. The first kappa shape index (κ1) is 17.9. The molecule has 1 aliphatic rings. The Kier molecular flexibility index (Phi) is 7.67. The van der Waals surface area contributed by atoms with E-state index in [4.69, 9.17) is 0 Å². The van der Waals surface area contributed by atoms with Crippen molar-refractivity contribution in [2.75, 3.05) is 39.3 Å². The SMILES string of the molecule is CCCN(CC(=O)N(CC)CC(=O)NC(C)C)C1CNC1. The van der Waals surface area contributed by atoms with Crippen molar-refractivity contribution in [3.8, 4) is 0 Å². The van der Waals surface area contributed by atoms with Crippen molar-refractivity contribution in [1.82, 2.24) is 20.4 Å². The van der Waals surface area contributed by atoms with Gasteiger partial charge in [0.15, 0.2) is 0 Å². The van der Waals surface area contributed by atoms with Gasteiger partial charge in [0, 0.05) is 31.7 Å². The maximum Gasteiger partial charge on any atom is 0.239 e. The van der Waals surface area contributed by atoms with E-state index in [1.54, 1.807) is 4.90 Å². The molecule has 1 heterocycles. The number of hydrogen-bond acceptors (Lipinski definition) is 4.